The first-order chi connectivity index (χ1) is 8.69. The van der Waals surface area contributed by atoms with Crippen LogP contribution in [0.2, 0.25) is 0 Å². The maximum absolute atomic E-state index is 13.0. The van der Waals surface area contributed by atoms with Crippen molar-refractivity contribution in [2.45, 2.75) is 13.2 Å². The van der Waals surface area contributed by atoms with E-state index < -0.39 is 0 Å². The standard InChI is InChI=1S/C14H12BrFO2/c15-14-5-4-13(7-11(14)8-17)18-9-10-2-1-3-12(16)6-10/h1-7,17H,8-9H2. The van der Waals surface area contributed by atoms with Crippen molar-refractivity contribution in [1.82, 2.24) is 0 Å². The lowest BCUT2D eigenvalue weighted by molar-refractivity contribution is 0.277. The van der Waals surface area contributed by atoms with Crippen LogP contribution in [0.5, 0.6) is 5.75 Å². The summed E-state index contributed by atoms with van der Waals surface area (Å²) >= 11 is 3.33. The predicted octanol–water partition coefficient (Wildman–Crippen LogP) is 3.66. The van der Waals surface area contributed by atoms with Crippen LogP contribution in [0.4, 0.5) is 4.39 Å². The normalized spacial score (nSPS) is 10.4. The molecule has 0 saturated heterocycles. The quantitative estimate of drug-likeness (QED) is 0.934. The van der Waals surface area contributed by atoms with Gasteiger partial charge in [-0.15, -0.1) is 0 Å². The summed E-state index contributed by atoms with van der Waals surface area (Å²) in [6.07, 6.45) is 0. The molecule has 0 bridgehead atoms. The Kier molecular flexibility index (Phi) is 4.33. The molecule has 0 aromatic heterocycles. The summed E-state index contributed by atoms with van der Waals surface area (Å²) < 4.78 is 19.4. The van der Waals surface area contributed by atoms with Crippen LogP contribution in [-0.4, -0.2) is 5.11 Å². The predicted molar refractivity (Wildman–Crippen MR) is 70.8 cm³/mol. The molecule has 0 spiro atoms. The third-order valence-corrected chi connectivity index (χ3v) is 3.26. The van der Waals surface area contributed by atoms with Crippen molar-refractivity contribution in [3.05, 3.63) is 63.9 Å². The maximum Gasteiger partial charge on any atom is 0.123 e. The molecule has 1 N–H and O–H groups in total. The summed E-state index contributed by atoms with van der Waals surface area (Å²) in [5, 5.41) is 9.13. The summed E-state index contributed by atoms with van der Waals surface area (Å²) in [5.41, 5.74) is 1.52. The molecule has 18 heavy (non-hydrogen) atoms. The van der Waals surface area contributed by atoms with E-state index in [9.17, 15) is 4.39 Å². The van der Waals surface area contributed by atoms with Gasteiger partial charge in [0.1, 0.15) is 18.2 Å². The summed E-state index contributed by atoms with van der Waals surface area (Å²) in [6, 6.07) is 11.6. The number of aliphatic hydroxyl groups excluding tert-OH is 1. The van der Waals surface area contributed by atoms with E-state index in [1.54, 1.807) is 24.3 Å². The highest BCUT2D eigenvalue weighted by atomic mass is 79.9. The Balaban J connectivity index is 2.06. The van der Waals surface area contributed by atoms with Gasteiger partial charge >= 0.3 is 0 Å². The molecule has 0 atom stereocenters. The van der Waals surface area contributed by atoms with Crippen LogP contribution < -0.4 is 4.74 Å². The highest BCUT2D eigenvalue weighted by Gasteiger charge is 2.02. The smallest absolute Gasteiger partial charge is 0.123 e. The third kappa shape index (κ3) is 3.31. The molecule has 2 rings (SSSR count). The van der Waals surface area contributed by atoms with Crippen LogP contribution in [0, 0.1) is 5.82 Å². The first kappa shape index (κ1) is 13.1. The first-order valence-electron chi connectivity index (χ1n) is 5.45. The monoisotopic (exact) mass is 310 g/mol. The SMILES string of the molecule is OCc1cc(OCc2cccc(F)c2)ccc1Br. The Labute approximate surface area is 113 Å². The van der Waals surface area contributed by atoms with E-state index in [-0.39, 0.29) is 12.4 Å². The molecule has 2 nitrogen and oxygen atoms in total. The van der Waals surface area contributed by atoms with Gasteiger partial charge in [-0.25, -0.2) is 4.39 Å². The molecule has 0 fully saturated rings. The molecule has 4 heteroatoms. The van der Waals surface area contributed by atoms with E-state index >= 15 is 0 Å². The molecule has 0 aliphatic rings. The van der Waals surface area contributed by atoms with E-state index in [0.717, 1.165) is 15.6 Å². The molecule has 0 radical (unpaired) electrons. The van der Waals surface area contributed by atoms with Crippen LogP contribution in [0.1, 0.15) is 11.1 Å². The lowest BCUT2D eigenvalue weighted by Gasteiger charge is -2.08. The molecule has 0 aliphatic carbocycles. The molecular formula is C14H12BrFO2. The van der Waals surface area contributed by atoms with Crippen molar-refractivity contribution in [2.24, 2.45) is 0 Å². The van der Waals surface area contributed by atoms with Crippen LogP contribution in [0.15, 0.2) is 46.9 Å². The van der Waals surface area contributed by atoms with Gasteiger partial charge < -0.3 is 9.84 Å². The number of rotatable bonds is 4. The van der Waals surface area contributed by atoms with Gasteiger partial charge in [-0.05, 0) is 41.5 Å². The van der Waals surface area contributed by atoms with Gasteiger partial charge in [0.2, 0.25) is 0 Å². The summed E-state index contributed by atoms with van der Waals surface area (Å²) in [7, 11) is 0. The molecule has 0 unspecified atom stereocenters. The van der Waals surface area contributed by atoms with E-state index in [2.05, 4.69) is 15.9 Å². The van der Waals surface area contributed by atoms with E-state index in [1.807, 2.05) is 6.07 Å². The maximum atomic E-state index is 13.0. The van der Waals surface area contributed by atoms with E-state index in [4.69, 9.17) is 9.84 Å². The first-order valence-corrected chi connectivity index (χ1v) is 6.25. The van der Waals surface area contributed by atoms with Crippen molar-refractivity contribution in [3.63, 3.8) is 0 Å². The molecule has 0 saturated carbocycles. The van der Waals surface area contributed by atoms with E-state index in [0.29, 0.717) is 12.4 Å². The molecule has 2 aromatic carbocycles. The number of halogens is 2. The van der Waals surface area contributed by atoms with Crippen molar-refractivity contribution in [1.29, 1.82) is 0 Å². The zero-order valence-corrected chi connectivity index (χ0v) is 11.2. The lowest BCUT2D eigenvalue weighted by Crippen LogP contribution is -1.97. The van der Waals surface area contributed by atoms with Crippen molar-refractivity contribution >= 4 is 15.9 Å². The van der Waals surface area contributed by atoms with Crippen molar-refractivity contribution < 1.29 is 14.2 Å². The minimum Gasteiger partial charge on any atom is -0.489 e. The molecule has 0 heterocycles. The second-order valence-electron chi connectivity index (χ2n) is 3.83. The number of hydrogen-bond donors (Lipinski definition) is 1. The minimum absolute atomic E-state index is 0.0578. The number of hydrogen-bond acceptors (Lipinski definition) is 2. The fraction of sp³-hybridized carbons (Fsp3) is 0.143. The van der Waals surface area contributed by atoms with Gasteiger partial charge in [-0.1, -0.05) is 28.1 Å². The van der Waals surface area contributed by atoms with Crippen LogP contribution in [0.25, 0.3) is 0 Å². The molecule has 2 aromatic rings. The molecule has 0 amide bonds. The Morgan fingerprint density at radius 1 is 1.17 bits per heavy atom. The number of aliphatic hydroxyl groups is 1. The summed E-state index contributed by atoms with van der Waals surface area (Å²) in [4.78, 5) is 0. The van der Waals surface area contributed by atoms with E-state index in [1.165, 1.54) is 12.1 Å². The highest BCUT2D eigenvalue weighted by Crippen LogP contribution is 2.23. The Morgan fingerprint density at radius 2 is 2.00 bits per heavy atom. The average Bonchev–Trinajstić information content (AvgIpc) is 2.38. The fourth-order valence-corrected chi connectivity index (χ4v) is 1.93. The van der Waals surface area contributed by atoms with Gasteiger partial charge in [0, 0.05) is 4.47 Å². The van der Waals surface area contributed by atoms with Gasteiger partial charge in [-0.3, -0.25) is 0 Å². The van der Waals surface area contributed by atoms with Gasteiger partial charge in [0.25, 0.3) is 0 Å². The average molecular weight is 311 g/mol. The zero-order chi connectivity index (χ0) is 13.0. The third-order valence-electron chi connectivity index (χ3n) is 2.48. The second kappa shape index (κ2) is 5.98. The van der Waals surface area contributed by atoms with Gasteiger partial charge in [0.15, 0.2) is 0 Å². The van der Waals surface area contributed by atoms with Crippen LogP contribution in [-0.2, 0) is 13.2 Å². The zero-order valence-electron chi connectivity index (χ0n) is 9.57. The Morgan fingerprint density at radius 3 is 2.72 bits per heavy atom. The molecule has 0 aliphatic heterocycles. The van der Waals surface area contributed by atoms with Gasteiger partial charge in [0.05, 0.1) is 6.61 Å². The molecule has 94 valence electrons. The fourth-order valence-electron chi connectivity index (χ4n) is 1.56. The highest BCUT2D eigenvalue weighted by molar-refractivity contribution is 9.10. The second-order valence-corrected chi connectivity index (χ2v) is 4.68. The Hall–Kier alpha value is -1.39. The largest absolute Gasteiger partial charge is 0.489 e. The Bertz CT molecular complexity index is 543. The van der Waals surface area contributed by atoms with Crippen LogP contribution >= 0.6 is 15.9 Å². The number of ether oxygens (including phenoxy) is 1. The molecular weight excluding hydrogens is 299 g/mol. The minimum atomic E-state index is -0.275. The lowest BCUT2D eigenvalue weighted by atomic mass is 10.2. The summed E-state index contributed by atoms with van der Waals surface area (Å²) in [6.45, 7) is 0.238. The van der Waals surface area contributed by atoms with Crippen LogP contribution in [0.3, 0.4) is 0 Å². The van der Waals surface area contributed by atoms with Crippen molar-refractivity contribution in [3.8, 4) is 5.75 Å². The van der Waals surface area contributed by atoms with Crippen molar-refractivity contribution in [2.75, 3.05) is 0 Å². The number of benzene rings is 2. The topological polar surface area (TPSA) is 29.5 Å². The van der Waals surface area contributed by atoms with Gasteiger partial charge in [-0.2, -0.15) is 0 Å². The summed E-state index contributed by atoms with van der Waals surface area (Å²) in [5.74, 6) is 0.370.